The quantitative estimate of drug-likeness (QED) is 0.704. The standard InChI is InChI=1S/C23H31N3O5/c1-6-24-20(27)13-25-7-9-26(10-8-25)22(28)17(5)30-18-11-14(2)12-19-21(18)15(3)16(4)23(29)31-19/h11-12,17H,6-10,13H2,1-5H3,(H,24,27). The van der Waals surface area contributed by atoms with E-state index in [1.165, 1.54) is 0 Å². The van der Waals surface area contributed by atoms with Crippen LogP contribution in [0.4, 0.5) is 0 Å². The first kappa shape index (κ1) is 22.8. The lowest BCUT2D eigenvalue weighted by molar-refractivity contribution is -0.139. The van der Waals surface area contributed by atoms with Gasteiger partial charge in [0.15, 0.2) is 6.10 Å². The number of ether oxygens (including phenoxy) is 1. The van der Waals surface area contributed by atoms with Gasteiger partial charge in [-0.15, -0.1) is 0 Å². The first-order valence-electron chi connectivity index (χ1n) is 10.7. The number of rotatable bonds is 6. The fourth-order valence-electron chi connectivity index (χ4n) is 3.86. The van der Waals surface area contributed by atoms with Crippen molar-refractivity contribution in [1.82, 2.24) is 15.1 Å². The molecule has 1 atom stereocenters. The van der Waals surface area contributed by atoms with Gasteiger partial charge in [0.25, 0.3) is 5.91 Å². The van der Waals surface area contributed by atoms with Gasteiger partial charge in [-0.1, -0.05) is 0 Å². The predicted octanol–water partition coefficient (Wildman–Crippen LogP) is 1.77. The third-order valence-corrected chi connectivity index (χ3v) is 5.73. The maximum Gasteiger partial charge on any atom is 0.339 e. The Bertz CT molecular complexity index is 1040. The molecule has 168 valence electrons. The summed E-state index contributed by atoms with van der Waals surface area (Å²) in [7, 11) is 0. The van der Waals surface area contributed by atoms with Gasteiger partial charge in [-0.2, -0.15) is 0 Å². The summed E-state index contributed by atoms with van der Waals surface area (Å²) in [6, 6.07) is 3.67. The van der Waals surface area contributed by atoms with E-state index in [0.717, 1.165) is 11.1 Å². The van der Waals surface area contributed by atoms with Gasteiger partial charge in [-0.3, -0.25) is 14.5 Å². The van der Waals surface area contributed by atoms with E-state index >= 15 is 0 Å². The Balaban J connectivity index is 1.71. The van der Waals surface area contributed by atoms with Gasteiger partial charge in [0.2, 0.25) is 5.91 Å². The molecule has 3 rings (SSSR count). The molecule has 1 aliphatic heterocycles. The minimum atomic E-state index is -0.688. The second kappa shape index (κ2) is 9.51. The normalized spacial score (nSPS) is 15.7. The van der Waals surface area contributed by atoms with E-state index in [9.17, 15) is 14.4 Å². The zero-order valence-corrected chi connectivity index (χ0v) is 18.9. The summed E-state index contributed by atoms with van der Waals surface area (Å²) in [5.41, 5.74) is 2.30. The number of nitrogens with zero attached hydrogens (tertiary/aromatic N) is 2. The van der Waals surface area contributed by atoms with E-state index in [2.05, 4.69) is 5.32 Å². The summed E-state index contributed by atoms with van der Waals surface area (Å²) >= 11 is 0. The van der Waals surface area contributed by atoms with Crippen LogP contribution in [0.5, 0.6) is 5.75 Å². The number of piperazine rings is 1. The van der Waals surface area contributed by atoms with E-state index in [1.807, 2.05) is 31.7 Å². The van der Waals surface area contributed by atoms with E-state index in [-0.39, 0.29) is 17.4 Å². The summed E-state index contributed by atoms with van der Waals surface area (Å²) in [4.78, 5) is 40.6. The average molecular weight is 430 g/mol. The SMILES string of the molecule is CCNC(=O)CN1CCN(C(=O)C(C)Oc2cc(C)cc3oc(=O)c(C)c(C)c23)CC1. The lowest BCUT2D eigenvalue weighted by Crippen LogP contribution is -2.53. The first-order valence-corrected chi connectivity index (χ1v) is 10.7. The van der Waals surface area contributed by atoms with Crippen molar-refractivity contribution < 1.29 is 18.7 Å². The summed E-state index contributed by atoms with van der Waals surface area (Å²) in [5.74, 6) is 0.441. The number of fused-ring (bicyclic) bond motifs is 1. The Labute approximate surface area is 182 Å². The Morgan fingerprint density at radius 1 is 1.13 bits per heavy atom. The Morgan fingerprint density at radius 3 is 2.45 bits per heavy atom. The van der Waals surface area contributed by atoms with Crippen LogP contribution in [0.3, 0.4) is 0 Å². The molecule has 8 nitrogen and oxygen atoms in total. The van der Waals surface area contributed by atoms with Crippen molar-refractivity contribution in [1.29, 1.82) is 0 Å². The summed E-state index contributed by atoms with van der Waals surface area (Å²) in [6.45, 7) is 12.4. The van der Waals surface area contributed by atoms with Gasteiger partial charge < -0.3 is 19.4 Å². The van der Waals surface area contributed by atoms with Crippen LogP contribution in [-0.2, 0) is 9.59 Å². The molecule has 2 heterocycles. The van der Waals surface area contributed by atoms with Crippen LogP contribution < -0.4 is 15.7 Å². The summed E-state index contributed by atoms with van der Waals surface area (Å²) in [5, 5.41) is 3.51. The zero-order chi connectivity index (χ0) is 22.7. The molecule has 1 unspecified atom stereocenters. The lowest BCUT2D eigenvalue weighted by atomic mass is 10.0. The molecule has 1 N–H and O–H groups in total. The van der Waals surface area contributed by atoms with Gasteiger partial charge in [0.1, 0.15) is 11.3 Å². The van der Waals surface area contributed by atoms with Crippen LogP contribution in [0.2, 0.25) is 0 Å². The smallest absolute Gasteiger partial charge is 0.339 e. The molecule has 2 aromatic rings. The van der Waals surface area contributed by atoms with Crippen LogP contribution in [0, 0.1) is 20.8 Å². The fraction of sp³-hybridized carbons (Fsp3) is 0.522. The maximum atomic E-state index is 13.0. The first-order chi connectivity index (χ1) is 14.7. The van der Waals surface area contributed by atoms with Gasteiger partial charge in [-0.05, 0) is 57.9 Å². The average Bonchev–Trinajstić information content (AvgIpc) is 2.71. The minimum Gasteiger partial charge on any atom is -0.480 e. The largest absolute Gasteiger partial charge is 0.480 e. The molecule has 0 aliphatic carbocycles. The number of carbonyl (C=O) groups excluding carboxylic acids is 2. The highest BCUT2D eigenvalue weighted by molar-refractivity contribution is 5.89. The molecular weight excluding hydrogens is 398 g/mol. The lowest BCUT2D eigenvalue weighted by Gasteiger charge is -2.35. The fourth-order valence-corrected chi connectivity index (χ4v) is 3.86. The Hall–Kier alpha value is -2.87. The molecular formula is C23H31N3O5. The summed E-state index contributed by atoms with van der Waals surface area (Å²) < 4.78 is 11.5. The molecule has 1 aromatic carbocycles. The van der Waals surface area contributed by atoms with Crippen LogP contribution >= 0.6 is 0 Å². The second-order valence-electron chi connectivity index (χ2n) is 8.09. The molecule has 1 aromatic heterocycles. The molecule has 1 saturated heterocycles. The van der Waals surface area contributed by atoms with Crippen molar-refractivity contribution in [3.63, 3.8) is 0 Å². The predicted molar refractivity (Wildman–Crippen MR) is 118 cm³/mol. The summed E-state index contributed by atoms with van der Waals surface area (Å²) in [6.07, 6.45) is -0.688. The van der Waals surface area contributed by atoms with Crippen molar-refractivity contribution in [2.45, 2.75) is 40.7 Å². The number of hydrogen-bond donors (Lipinski definition) is 1. The number of amides is 2. The topological polar surface area (TPSA) is 92.1 Å². The monoisotopic (exact) mass is 429 g/mol. The van der Waals surface area contributed by atoms with E-state index in [0.29, 0.717) is 61.6 Å². The Kier molecular flexibility index (Phi) is 7.00. The van der Waals surface area contributed by atoms with E-state index < -0.39 is 6.10 Å². The number of nitrogens with one attached hydrogen (secondary N) is 1. The van der Waals surface area contributed by atoms with Crippen molar-refractivity contribution >= 4 is 22.8 Å². The molecule has 1 fully saturated rings. The third kappa shape index (κ3) is 5.07. The highest BCUT2D eigenvalue weighted by Crippen LogP contribution is 2.31. The molecule has 0 saturated carbocycles. The van der Waals surface area contributed by atoms with Crippen molar-refractivity contribution in [2.75, 3.05) is 39.3 Å². The molecule has 0 bridgehead atoms. The zero-order valence-electron chi connectivity index (χ0n) is 18.9. The highest BCUT2D eigenvalue weighted by Gasteiger charge is 2.27. The minimum absolute atomic E-state index is 0.00242. The van der Waals surface area contributed by atoms with Crippen LogP contribution in [-0.4, -0.2) is 67.0 Å². The molecule has 31 heavy (non-hydrogen) atoms. The van der Waals surface area contributed by atoms with Gasteiger partial charge in [-0.25, -0.2) is 4.79 Å². The van der Waals surface area contributed by atoms with Gasteiger partial charge in [0.05, 0.1) is 11.9 Å². The van der Waals surface area contributed by atoms with Crippen LogP contribution in [0.1, 0.15) is 30.5 Å². The van der Waals surface area contributed by atoms with Gasteiger partial charge >= 0.3 is 5.63 Å². The maximum absolute atomic E-state index is 13.0. The highest BCUT2D eigenvalue weighted by atomic mass is 16.5. The molecule has 0 radical (unpaired) electrons. The number of carbonyl (C=O) groups is 2. The number of hydrogen-bond acceptors (Lipinski definition) is 6. The molecule has 8 heteroatoms. The number of aryl methyl sites for hydroxylation is 2. The number of likely N-dealkylation sites (N-methyl/N-ethyl adjacent to an activating group) is 1. The van der Waals surface area contributed by atoms with E-state index in [1.54, 1.807) is 24.8 Å². The van der Waals surface area contributed by atoms with Crippen molar-refractivity contribution in [3.05, 3.63) is 39.2 Å². The molecule has 2 amide bonds. The molecule has 1 aliphatic rings. The van der Waals surface area contributed by atoms with Crippen molar-refractivity contribution in [3.8, 4) is 5.75 Å². The Morgan fingerprint density at radius 2 is 1.81 bits per heavy atom. The van der Waals surface area contributed by atoms with Crippen molar-refractivity contribution in [2.24, 2.45) is 0 Å². The molecule has 0 spiro atoms. The van der Waals surface area contributed by atoms with Crippen LogP contribution in [0.15, 0.2) is 21.3 Å². The second-order valence-corrected chi connectivity index (χ2v) is 8.09. The number of benzene rings is 1. The third-order valence-electron chi connectivity index (χ3n) is 5.73. The van der Waals surface area contributed by atoms with E-state index in [4.69, 9.17) is 9.15 Å². The van der Waals surface area contributed by atoms with Crippen LogP contribution in [0.25, 0.3) is 11.0 Å². The van der Waals surface area contributed by atoms with Gasteiger partial charge in [0, 0.05) is 38.3 Å².